The minimum atomic E-state index is -1.21. The zero-order valence-corrected chi connectivity index (χ0v) is 11.3. The van der Waals surface area contributed by atoms with Crippen molar-refractivity contribution in [2.45, 2.75) is 18.3 Å². The maximum absolute atomic E-state index is 10.1. The first kappa shape index (κ1) is 14.7. The van der Waals surface area contributed by atoms with Crippen molar-refractivity contribution in [1.82, 2.24) is 0 Å². The number of aliphatic hydroxyl groups is 1. The molecule has 0 saturated carbocycles. The zero-order valence-electron chi connectivity index (χ0n) is 9.82. The number of hydrogen-bond donors (Lipinski definition) is 1. The van der Waals surface area contributed by atoms with E-state index in [1.807, 2.05) is 0 Å². The Hall–Kier alpha value is -0.320. The molecule has 1 aromatic rings. The van der Waals surface area contributed by atoms with Crippen LogP contribution in [0.3, 0.4) is 0 Å². The van der Waals surface area contributed by atoms with Crippen LogP contribution < -0.4 is 0 Å². The van der Waals surface area contributed by atoms with Crippen LogP contribution in [0.5, 0.6) is 0 Å². The highest BCUT2D eigenvalue weighted by atomic mass is 35.5. The number of methoxy groups -OCH3 is 2. The van der Waals surface area contributed by atoms with E-state index in [2.05, 4.69) is 0 Å². The van der Waals surface area contributed by atoms with Crippen molar-refractivity contribution in [2.75, 3.05) is 20.1 Å². The standard InChI is InChI=1S/C12H16Cl2O3/c1-16-12(17-2,11(15)7-8-13)9-3-5-10(14)6-4-9/h3-6,11,15H,7-8H2,1-2H3. The fraction of sp³-hybridized carbons (Fsp3) is 0.500. The number of hydrogen-bond acceptors (Lipinski definition) is 3. The maximum Gasteiger partial charge on any atom is 0.221 e. The first-order valence-electron chi connectivity index (χ1n) is 5.21. The van der Waals surface area contributed by atoms with E-state index in [1.54, 1.807) is 24.3 Å². The fourth-order valence-corrected chi connectivity index (χ4v) is 2.09. The molecule has 0 spiro atoms. The summed E-state index contributed by atoms with van der Waals surface area (Å²) in [5.74, 6) is -0.886. The van der Waals surface area contributed by atoms with Crippen LogP contribution in [0.25, 0.3) is 0 Å². The molecule has 0 aliphatic carbocycles. The third-order valence-electron chi connectivity index (χ3n) is 2.67. The number of rotatable bonds is 6. The predicted octanol–water partition coefficient (Wildman–Crippen LogP) is 2.78. The summed E-state index contributed by atoms with van der Waals surface area (Å²) in [6.07, 6.45) is -0.484. The molecule has 0 radical (unpaired) electrons. The molecule has 0 aliphatic heterocycles. The molecule has 96 valence electrons. The summed E-state index contributed by atoms with van der Waals surface area (Å²) in [7, 11) is 2.96. The molecular weight excluding hydrogens is 263 g/mol. The quantitative estimate of drug-likeness (QED) is 0.643. The first-order chi connectivity index (χ1) is 8.10. The second-order valence-electron chi connectivity index (χ2n) is 3.58. The van der Waals surface area contributed by atoms with Gasteiger partial charge in [-0.25, -0.2) is 0 Å². The van der Waals surface area contributed by atoms with E-state index in [0.717, 1.165) is 0 Å². The van der Waals surface area contributed by atoms with Crippen LogP contribution in [-0.2, 0) is 15.3 Å². The van der Waals surface area contributed by atoms with Crippen LogP contribution in [0.4, 0.5) is 0 Å². The van der Waals surface area contributed by atoms with Crippen molar-refractivity contribution in [2.24, 2.45) is 0 Å². The largest absolute Gasteiger partial charge is 0.387 e. The molecule has 1 atom stereocenters. The van der Waals surface area contributed by atoms with Gasteiger partial charge in [-0.15, -0.1) is 11.6 Å². The lowest BCUT2D eigenvalue weighted by Crippen LogP contribution is -2.43. The van der Waals surface area contributed by atoms with Gasteiger partial charge in [0.2, 0.25) is 5.79 Å². The van der Waals surface area contributed by atoms with Crippen molar-refractivity contribution >= 4 is 23.2 Å². The Morgan fingerprint density at radius 1 is 1.24 bits per heavy atom. The SMILES string of the molecule is COC(OC)(c1ccc(Cl)cc1)C(O)CCCl. The lowest BCUT2D eigenvalue weighted by molar-refractivity contribution is -0.269. The summed E-state index contributed by atoms with van der Waals surface area (Å²) in [5.41, 5.74) is 0.699. The summed E-state index contributed by atoms with van der Waals surface area (Å²) in [6, 6.07) is 6.95. The van der Waals surface area contributed by atoms with E-state index in [0.29, 0.717) is 22.9 Å². The Kier molecular flexibility index (Phi) is 5.70. The lowest BCUT2D eigenvalue weighted by Gasteiger charge is -2.35. The van der Waals surface area contributed by atoms with Crippen molar-refractivity contribution in [3.63, 3.8) is 0 Å². The number of benzene rings is 1. The molecule has 0 bridgehead atoms. The summed E-state index contributed by atoms with van der Waals surface area (Å²) in [5, 5.41) is 10.7. The average molecular weight is 279 g/mol. The van der Waals surface area contributed by atoms with Gasteiger partial charge in [-0.05, 0) is 18.6 Å². The molecule has 5 heteroatoms. The maximum atomic E-state index is 10.1. The normalized spacial score (nSPS) is 13.7. The second-order valence-corrected chi connectivity index (χ2v) is 4.39. The zero-order chi connectivity index (χ0) is 12.9. The van der Waals surface area contributed by atoms with Crippen molar-refractivity contribution < 1.29 is 14.6 Å². The van der Waals surface area contributed by atoms with Crippen LogP contribution in [0.1, 0.15) is 12.0 Å². The second kappa shape index (κ2) is 6.57. The molecule has 0 fully saturated rings. The van der Waals surface area contributed by atoms with E-state index >= 15 is 0 Å². The third kappa shape index (κ3) is 3.12. The number of alkyl halides is 1. The molecule has 3 nitrogen and oxygen atoms in total. The van der Waals surface area contributed by atoms with Crippen LogP contribution in [-0.4, -0.2) is 31.3 Å². The van der Waals surface area contributed by atoms with Crippen molar-refractivity contribution in [1.29, 1.82) is 0 Å². The molecule has 1 unspecified atom stereocenters. The lowest BCUT2D eigenvalue weighted by atomic mass is 9.98. The first-order valence-corrected chi connectivity index (χ1v) is 6.12. The molecule has 0 aromatic heterocycles. The van der Waals surface area contributed by atoms with Crippen molar-refractivity contribution in [3.05, 3.63) is 34.9 Å². The molecular formula is C12H16Cl2O3. The fourth-order valence-electron chi connectivity index (χ4n) is 1.76. The van der Waals surface area contributed by atoms with E-state index in [-0.39, 0.29) is 0 Å². The van der Waals surface area contributed by atoms with Gasteiger partial charge in [-0.2, -0.15) is 0 Å². The Morgan fingerprint density at radius 2 is 1.76 bits per heavy atom. The number of aliphatic hydroxyl groups excluding tert-OH is 1. The van der Waals surface area contributed by atoms with Crippen LogP contribution in [0.15, 0.2) is 24.3 Å². The Bertz CT molecular complexity index is 336. The van der Waals surface area contributed by atoms with Crippen LogP contribution in [0.2, 0.25) is 5.02 Å². The summed E-state index contributed by atoms with van der Waals surface area (Å²) in [6.45, 7) is 0. The van der Waals surface area contributed by atoms with Crippen molar-refractivity contribution in [3.8, 4) is 0 Å². The van der Waals surface area contributed by atoms with Crippen LogP contribution in [0, 0.1) is 0 Å². The smallest absolute Gasteiger partial charge is 0.221 e. The van der Waals surface area contributed by atoms with Gasteiger partial charge in [0.1, 0.15) is 6.10 Å². The molecule has 17 heavy (non-hydrogen) atoms. The monoisotopic (exact) mass is 278 g/mol. The van der Waals surface area contributed by atoms with E-state index in [4.69, 9.17) is 32.7 Å². The molecule has 1 aromatic carbocycles. The van der Waals surface area contributed by atoms with Gasteiger partial charge in [0.25, 0.3) is 0 Å². The highest BCUT2D eigenvalue weighted by Gasteiger charge is 2.40. The summed E-state index contributed by atoms with van der Waals surface area (Å²) >= 11 is 11.5. The van der Waals surface area contributed by atoms with Gasteiger partial charge in [-0.1, -0.05) is 23.7 Å². The van der Waals surface area contributed by atoms with Gasteiger partial charge in [0.15, 0.2) is 0 Å². The van der Waals surface area contributed by atoms with Gasteiger partial charge in [0.05, 0.1) is 0 Å². The van der Waals surface area contributed by atoms with Gasteiger partial charge < -0.3 is 14.6 Å². The Morgan fingerprint density at radius 3 is 2.18 bits per heavy atom. The highest BCUT2D eigenvalue weighted by molar-refractivity contribution is 6.30. The molecule has 1 rings (SSSR count). The molecule has 0 saturated heterocycles. The van der Waals surface area contributed by atoms with Crippen LogP contribution >= 0.6 is 23.2 Å². The predicted molar refractivity (Wildman–Crippen MR) is 68.5 cm³/mol. The molecule has 0 amide bonds. The number of halogens is 2. The van der Waals surface area contributed by atoms with E-state index < -0.39 is 11.9 Å². The van der Waals surface area contributed by atoms with Gasteiger partial charge in [-0.3, -0.25) is 0 Å². The van der Waals surface area contributed by atoms with Gasteiger partial charge in [0, 0.05) is 30.7 Å². The third-order valence-corrected chi connectivity index (χ3v) is 3.14. The summed E-state index contributed by atoms with van der Waals surface area (Å²) < 4.78 is 10.7. The molecule has 0 aliphatic rings. The molecule has 0 heterocycles. The Labute approximate surface area is 111 Å². The van der Waals surface area contributed by atoms with E-state index in [9.17, 15) is 5.11 Å². The van der Waals surface area contributed by atoms with Gasteiger partial charge >= 0.3 is 0 Å². The molecule has 1 N–H and O–H groups in total. The summed E-state index contributed by atoms with van der Waals surface area (Å²) in [4.78, 5) is 0. The minimum Gasteiger partial charge on any atom is -0.387 e. The minimum absolute atomic E-state index is 0.323. The topological polar surface area (TPSA) is 38.7 Å². The Balaban J connectivity index is 3.09. The highest BCUT2D eigenvalue weighted by Crippen LogP contribution is 2.32. The number of ether oxygens (including phenoxy) is 2. The van der Waals surface area contributed by atoms with E-state index in [1.165, 1.54) is 14.2 Å². The average Bonchev–Trinajstić information content (AvgIpc) is 2.34.